The molecule has 25 heavy (non-hydrogen) atoms. The average molecular weight is 335 g/mol. The summed E-state index contributed by atoms with van der Waals surface area (Å²) in [6, 6.07) is 14.1. The lowest BCUT2D eigenvalue weighted by Gasteiger charge is -2.37. The Morgan fingerprint density at radius 2 is 1.92 bits per heavy atom. The van der Waals surface area contributed by atoms with Crippen LogP contribution in [0, 0.1) is 5.92 Å². The molecule has 4 nitrogen and oxygen atoms in total. The lowest BCUT2D eigenvalue weighted by atomic mass is 9.77. The van der Waals surface area contributed by atoms with Crippen LogP contribution in [0.5, 0.6) is 5.75 Å². The van der Waals surface area contributed by atoms with Crippen molar-refractivity contribution in [2.24, 2.45) is 5.92 Å². The summed E-state index contributed by atoms with van der Waals surface area (Å²) in [6.07, 6.45) is 5.61. The van der Waals surface area contributed by atoms with Crippen LogP contribution in [0.15, 0.2) is 54.6 Å². The molecule has 0 spiro atoms. The van der Waals surface area contributed by atoms with Crippen molar-refractivity contribution in [1.29, 1.82) is 0 Å². The number of hydrogen-bond acceptors (Lipinski definition) is 4. The van der Waals surface area contributed by atoms with Crippen molar-refractivity contribution < 1.29 is 14.3 Å². The first-order valence-electron chi connectivity index (χ1n) is 8.50. The highest BCUT2D eigenvalue weighted by molar-refractivity contribution is 5.89. The smallest absolute Gasteiger partial charge is 0.337 e. The van der Waals surface area contributed by atoms with Gasteiger partial charge in [-0.05, 0) is 53.8 Å². The summed E-state index contributed by atoms with van der Waals surface area (Å²) >= 11 is 0. The standard InChI is InChI=1S/C21H21NO3/c1-24-15-10-11-19-18(12-15)16-4-3-5-17(16)20(22-19)13-6-8-14(9-7-13)21(23)25-2/h3-4,6-12,16-17,20,22H,5H2,1-2H3/t16-,17+,20-/m0/s1. The number of ether oxygens (including phenoxy) is 2. The van der Waals surface area contributed by atoms with Crippen molar-refractivity contribution in [2.75, 3.05) is 19.5 Å². The molecule has 0 bridgehead atoms. The van der Waals surface area contributed by atoms with Crippen molar-refractivity contribution in [3.05, 3.63) is 71.3 Å². The topological polar surface area (TPSA) is 47.6 Å². The molecule has 0 aromatic heterocycles. The number of nitrogens with one attached hydrogen (secondary N) is 1. The Bertz CT molecular complexity index is 826. The largest absolute Gasteiger partial charge is 0.497 e. The summed E-state index contributed by atoms with van der Waals surface area (Å²) in [5.74, 6) is 1.43. The molecule has 2 aromatic carbocycles. The fourth-order valence-electron chi connectivity index (χ4n) is 3.97. The minimum Gasteiger partial charge on any atom is -0.497 e. The number of methoxy groups -OCH3 is 2. The van der Waals surface area contributed by atoms with Gasteiger partial charge in [0.15, 0.2) is 0 Å². The van der Waals surface area contributed by atoms with Gasteiger partial charge in [-0.15, -0.1) is 0 Å². The van der Waals surface area contributed by atoms with Crippen LogP contribution in [0.4, 0.5) is 5.69 Å². The number of carbonyl (C=O) groups excluding carboxylic acids is 1. The van der Waals surface area contributed by atoms with E-state index in [0.717, 1.165) is 17.9 Å². The lowest BCUT2D eigenvalue weighted by Crippen LogP contribution is -2.29. The molecule has 0 saturated carbocycles. The van der Waals surface area contributed by atoms with E-state index >= 15 is 0 Å². The molecule has 1 N–H and O–H groups in total. The SMILES string of the molecule is COC(=O)c1ccc([C@@H]2Nc3ccc(OC)cc3[C@H]3C=CC[C@H]32)cc1. The third-order valence-electron chi connectivity index (χ3n) is 5.26. The van der Waals surface area contributed by atoms with Crippen LogP contribution >= 0.6 is 0 Å². The van der Waals surface area contributed by atoms with E-state index in [4.69, 9.17) is 9.47 Å². The van der Waals surface area contributed by atoms with Gasteiger partial charge >= 0.3 is 5.97 Å². The Balaban J connectivity index is 1.68. The van der Waals surface area contributed by atoms with Gasteiger partial charge in [0, 0.05) is 11.6 Å². The number of benzene rings is 2. The quantitative estimate of drug-likeness (QED) is 0.671. The van der Waals surface area contributed by atoms with Gasteiger partial charge in [-0.3, -0.25) is 0 Å². The monoisotopic (exact) mass is 335 g/mol. The lowest BCUT2D eigenvalue weighted by molar-refractivity contribution is 0.0600. The molecule has 4 rings (SSSR count). The first kappa shape index (κ1) is 15.8. The van der Waals surface area contributed by atoms with Crippen molar-refractivity contribution in [2.45, 2.75) is 18.4 Å². The number of anilines is 1. The van der Waals surface area contributed by atoms with E-state index < -0.39 is 0 Å². The maximum absolute atomic E-state index is 11.6. The molecule has 0 fully saturated rings. The van der Waals surface area contributed by atoms with Gasteiger partial charge in [-0.1, -0.05) is 24.3 Å². The second-order valence-corrected chi connectivity index (χ2v) is 6.54. The Kier molecular flexibility index (Phi) is 3.96. The molecule has 4 heteroatoms. The third-order valence-corrected chi connectivity index (χ3v) is 5.26. The molecule has 1 aliphatic heterocycles. The Morgan fingerprint density at radius 1 is 1.12 bits per heavy atom. The zero-order valence-corrected chi connectivity index (χ0v) is 14.4. The van der Waals surface area contributed by atoms with Gasteiger partial charge < -0.3 is 14.8 Å². The number of esters is 1. The summed E-state index contributed by atoms with van der Waals surface area (Å²) in [7, 11) is 3.10. The van der Waals surface area contributed by atoms with Crippen molar-refractivity contribution in [1.82, 2.24) is 0 Å². The molecule has 3 atom stereocenters. The molecule has 2 aliphatic rings. The molecule has 0 radical (unpaired) electrons. The van der Waals surface area contributed by atoms with E-state index in [9.17, 15) is 4.79 Å². The molecule has 1 aliphatic carbocycles. The van der Waals surface area contributed by atoms with E-state index in [1.54, 1.807) is 7.11 Å². The molecule has 0 unspecified atom stereocenters. The predicted molar refractivity (Wildman–Crippen MR) is 97.1 cm³/mol. The van der Waals surface area contributed by atoms with E-state index in [1.165, 1.54) is 18.2 Å². The van der Waals surface area contributed by atoms with Crippen molar-refractivity contribution in [3.8, 4) is 5.75 Å². The Hall–Kier alpha value is -2.75. The third kappa shape index (κ3) is 2.68. The maximum Gasteiger partial charge on any atom is 0.337 e. The molecular formula is C21H21NO3. The fourth-order valence-corrected chi connectivity index (χ4v) is 3.97. The number of fused-ring (bicyclic) bond motifs is 3. The van der Waals surface area contributed by atoms with Crippen LogP contribution in [-0.4, -0.2) is 20.2 Å². The predicted octanol–water partition coefficient (Wildman–Crippen LogP) is 4.31. The number of hydrogen-bond donors (Lipinski definition) is 1. The zero-order chi connectivity index (χ0) is 17.4. The van der Waals surface area contributed by atoms with Crippen LogP contribution in [0.1, 0.15) is 39.9 Å². The van der Waals surface area contributed by atoms with Gasteiger partial charge in [0.25, 0.3) is 0 Å². The Labute approximate surface area is 147 Å². The molecular weight excluding hydrogens is 314 g/mol. The van der Waals surface area contributed by atoms with Crippen molar-refractivity contribution in [3.63, 3.8) is 0 Å². The minimum atomic E-state index is -0.305. The second-order valence-electron chi connectivity index (χ2n) is 6.54. The van der Waals surface area contributed by atoms with E-state index in [-0.39, 0.29) is 12.0 Å². The second kappa shape index (κ2) is 6.28. The summed E-state index contributed by atoms with van der Waals surface area (Å²) in [5.41, 5.74) is 4.21. The first-order chi connectivity index (χ1) is 12.2. The Morgan fingerprint density at radius 3 is 2.64 bits per heavy atom. The summed E-state index contributed by atoms with van der Waals surface area (Å²) < 4.78 is 10.2. The van der Waals surface area contributed by atoms with Gasteiger partial charge in [0.1, 0.15) is 5.75 Å². The zero-order valence-electron chi connectivity index (χ0n) is 14.4. The van der Waals surface area contributed by atoms with Crippen LogP contribution in [-0.2, 0) is 4.74 Å². The highest BCUT2D eigenvalue weighted by atomic mass is 16.5. The maximum atomic E-state index is 11.6. The fraction of sp³-hybridized carbons (Fsp3) is 0.286. The highest BCUT2D eigenvalue weighted by Crippen LogP contribution is 2.50. The van der Waals surface area contributed by atoms with Crippen LogP contribution in [0.2, 0.25) is 0 Å². The van der Waals surface area contributed by atoms with Crippen LogP contribution in [0.3, 0.4) is 0 Å². The van der Waals surface area contributed by atoms with E-state index in [1.807, 2.05) is 30.3 Å². The number of allylic oxidation sites excluding steroid dienone is 2. The van der Waals surface area contributed by atoms with Crippen LogP contribution < -0.4 is 10.1 Å². The number of carbonyl (C=O) groups is 1. The molecule has 0 saturated heterocycles. The first-order valence-corrected chi connectivity index (χ1v) is 8.50. The van der Waals surface area contributed by atoms with Crippen molar-refractivity contribution >= 4 is 11.7 Å². The summed E-state index contributed by atoms with van der Waals surface area (Å²) in [6.45, 7) is 0. The highest BCUT2D eigenvalue weighted by Gasteiger charge is 2.38. The molecule has 1 heterocycles. The molecule has 0 amide bonds. The van der Waals surface area contributed by atoms with E-state index in [2.05, 4.69) is 29.6 Å². The van der Waals surface area contributed by atoms with Gasteiger partial charge in [0.2, 0.25) is 0 Å². The minimum absolute atomic E-state index is 0.215. The summed E-state index contributed by atoms with van der Waals surface area (Å²) in [4.78, 5) is 11.6. The van der Waals surface area contributed by atoms with Crippen LogP contribution in [0.25, 0.3) is 0 Å². The molecule has 128 valence electrons. The van der Waals surface area contributed by atoms with E-state index in [0.29, 0.717) is 17.4 Å². The molecule has 2 aromatic rings. The normalized spacial score (nSPS) is 23.4. The van der Waals surface area contributed by atoms with Gasteiger partial charge in [-0.25, -0.2) is 4.79 Å². The number of rotatable bonds is 3. The average Bonchev–Trinajstić information content (AvgIpc) is 3.16. The van der Waals surface area contributed by atoms with Gasteiger partial charge in [-0.2, -0.15) is 0 Å². The van der Waals surface area contributed by atoms with Gasteiger partial charge in [0.05, 0.1) is 25.8 Å². The summed E-state index contributed by atoms with van der Waals surface area (Å²) in [5, 5.41) is 3.69.